The molecule has 1 aromatic carbocycles. The van der Waals surface area contributed by atoms with Crippen LogP contribution in [0.4, 0.5) is 0 Å². The molecule has 0 heterocycles. The van der Waals surface area contributed by atoms with Crippen molar-refractivity contribution in [3.05, 3.63) is 28.2 Å². The zero-order valence-electron chi connectivity index (χ0n) is 10.9. The molecule has 1 aliphatic rings. The average molecular weight is 322 g/mol. The number of hydrogen-bond donors (Lipinski definition) is 1. The first-order valence-corrected chi connectivity index (χ1v) is 8.41. The number of halogens is 2. The Hall–Kier alpha value is -0.290. The Kier molecular flexibility index (Phi) is 4.17. The van der Waals surface area contributed by atoms with Crippen molar-refractivity contribution >= 4 is 33.2 Å². The van der Waals surface area contributed by atoms with Crippen molar-refractivity contribution in [2.45, 2.75) is 44.0 Å². The molecule has 19 heavy (non-hydrogen) atoms. The third-order valence-electron chi connectivity index (χ3n) is 3.47. The van der Waals surface area contributed by atoms with Crippen molar-refractivity contribution in [1.82, 2.24) is 4.72 Å². The van der Waals surface area contributed by atoms with Crippen molar-refractivity contribution in [3.63, 3.8) is 0 Å². The molecule has 0 radical (unpaired) electrons. The summed E-state index contributed by atoms with van der Waals surface area (Å²) in [5, 5.41) is 0.547. The van der Waals surface area contributed by atoms with Crippen LogP contribution < -0.4 is 4.72 Å². The molecular weight excluding hydrogens is 305 g/mol. The molecule has 0 aliphatic heterocycles. The fourth-order valence-corrected chi connectivity index (χ4v) is 4.54. The van der Waals surface area contributed by atoms with Crippen LogP contribution in [0.5, 0.6) is 0 Å². The van der Waals surface area contributed by atoms with Gasteiger partial charge in [-0.2, -0.15) is 0 Å². The Bertz CT molecular complexity index is 584. The molecule has 0 bridgehead atoms. The highest BCUT2D eigenvalue weighted by Gasteiger charge is 2.34. The molecule has 1 aromatic rings. The first-order valence-electron chi connectivity index (χ1n) is 6.17. The summed E-state index contributed by atoms with van der Waals surface area (Å²) in [4.78, 5) is 0.0476. The number of benzene rings is 1. The Morgan fingerprint density at radius 2 is 2.00 bits per heavy atom. The lowest BCUT2D eigenvalue weighted by Crippen LogP contribution is -2.33. The SMILES string of the molecule is CC1(C)CCC(NS(=O)(=O)c2cc(Cl)ccc2Cl)C1. The van der Waals surface area contributed by atoms with Gasteiger partial charge < -0.3 is 0 Å². The van der Waals surface area contributed by atoms with Crippen LogP contribution in [0.25, 0.3) is 0 Å². The minimum absolute atomic E-state index is 0.0324. The topological polar surface area (TPSA) is 46.2 Å². The van der Waals surface area contributed by atoms with E-state index in [2.05, 4.69) is 18.6 Å². The number of hydrogen-bond acceptors (Lipinski definition) is 2. The third-order valence-corrected chi connectivity index (χ3v) is 5.71. The fourth-order valence-electron chi connectivity index (χ4n) is 2.50. The normalized spacial score (nSPS) is 22.6. The van der Waals surface area contributed by atoms with Gasteiger partial charge in [0.25, 0.3) is 0 Å². The molecule has 1 fully saturated rings. The van der Waals surface area contributed by atoms with E-state index in [0.29, 0.717) is 5.02 Å². The van der Waals surface area contributed by atoms with Crippen LogP contribution in [-0.4, -0.2) is 14.5 Å². The van der Waals surface area contributed by atoms with Crippen LogP contribution in [0.15, 0.2) is 23.1 Å². The molecule has 0 amide bonds. The van der Waals surface area contributed by atoms with E-state index in [1.165, 1.54) is 12.1 Å². The van der Waals surface area contributed by atoms with Gasteiger partial charge in [0.1, 0.15) is 4.90 Å². The van der Waals surface area contributed by atoms with Crippen molar-refractivity contribution in [3.8, 4) is 0 Å². The summed E-state index contributed by atoms with van der Waals surface area (Å²) in [6.45, 7) is 4.29. The number of rotatable bonds is 3. The molecule has 0 aromatic heterocycles. The molecule has 1 atom stereocenters. The maximum absolute atomic E-state index is 12.3. The number of sulfonamides is 1. The smallest absolute Gasteiger partial charge is 0.208 e. The van der Waals surface area contributed by atoms with Gasteiger partial charge in [0.05, 0.1) is 5.02 Å². The van der Waals surface area contributed by atoms with Crippen LogP contribution >= 0.6 is 23.2 Å². The molecule has 1 N–H and O–H groups in total. The zero-order valence-corrected chi connectivity index (χ0v) is 13.2. The molecule has 0 saturated heterocycles. The van der Waals surface area contributed by atoms with Crippen molar-refractivity contribution < 1.29 is 8.42 Å². The van der Waals surface area contributed by atoms with Gasteiger partial charge in [-0.05, 0) is 42.9 Å². The summed E-state index contributed by atoms with van der Waals surface area (Å²) in [5.74, 6) is 0. The average Bonchev–Trinajstić information content (AvgIpc) is 2.60. The Morgan fingerprint density at radius 1 is 1.32 bits per heavy atom. The van der Waals surface area contributed by atoms with E-state index in [-0.39, 0.29) is 21.4 Å². The van der Waals surface area contributed by atoms with Gasteiger partial charge in [0, 0.05) is 11.1 Å². The van der Waals surface area contributed by atoms with Crippen LogP contribution in [0.1, 0.15) is 33.1 Å². The molecule has 106 valence electrons. The fraction of sp³-hybridized carbons (Fsp3) is 0.538. The Morgan fingerprint density at radius 3 is 2.58 bits per heavy atom. The maximum Gasteiger partial charge on any atom is 0.242 e. The zero-order chi connectivity index (χ0) is 14.3. The lowest BCUT2D eigenvalue weighted by Gasteiger charge is -2.18. The van der Waals surface area contributed by atoms with E-state index in [4.69, 9.17) is 23.2 Å². The van der Waals surface area contributed by atoms with E-state index < -0.39 is 10.0 Å². The molecule has 3 nitrogen and oxygen atoms in total. The largest absolute Gasteiger partial charge is 0.242 e. The van der Waals surface area contributed by atoms with Crippen molar-refractivity contribution in [2.75, 3.05) is 0 Å². The molecule has 1 unspecified atom stereocenters. The van der Waals surface area contributed by atoms with E-state index in [0.717, 1.165) is 19.3 Å². The van der Waals surface area contributed by atoms with Crippen molar-refractivity contribution in [1.29, 1.82) is 0 Å². The maximum atomic E-state index is 12.3. The Balaban J connectivity index is 2.22. The van der Waals surface area contributed by atoms with E-state index >= 15 is 0 Å². The van der Waals surface area contributed by atoms with Crippen LogP contribution in [0.3, 0.4) is 0 Å². The molecule has 1 saturated carbocycles. The van der Waals surface area contributed by atoms with Gasteiger partial charge in [0.15, 0.2) is 0 Å². The second kappa shape index (κ2) is 5.24. The van der Waals surface area contributed by atoms with Gasteiger partial charge in [-0.25, -0.2) is 13.1 Å². The third kappa shape index (κ3) is 3.63. The summed E-state index contributed by atoms with van der Waals surface area (Å²) < 4.78 is 27.4. The van der Waals surface area contributed by atoms with Crippen LogP contribution in [-0.2, 0) is 10.0 Å². The van der Waals surface area contributed by atoms with Gasteiger partial charge in [-0.15, -0.1) is 0 Å². The van der Waals surface area contributed by atoms with Gasteiger partial charge in [0.2, 0.25) is 10.0 Å². The molecule has 6 heteroatoms. The monoisotopic (exact) mass is 321 g/mol. The summed E-state index contributed by atoms with van der Waals surface area (Å²) in [6.07, 6.45) is 2.71. The lowest BCUT2D eigenvalue weighted by molar-refractivity contribution is 0.372. The van der Waals surface area contributed by atoms with Gasteiger partial charge in [-0.3, -0.25) is 0 Å². The molecule has 2 rings (SSSR count). The summed E-state index contributed by atoms with van der Waals surface area (Å²) in [6, 6.07) is 4.42. The summed E-state index contributed by atoms with van der Waals surface area (Å²) in [7, 11) is -3.61. The molecule has 1 aliphatic carbocycles. The summed E-state index contributed by atoms with van der Waals surface area (Å²) >= 11 is 11.8. The van der Waals surface area contributed by atoms with E-state index in [1.54, 1.807) is 6.07 Å². The minimum atomic E-state index is -3.61. The number of nitrogens with one attached hydrogen (secondary N) is 1. The highest BCUT2D eigenvalue weighted by molar-refractivity contribution is 7.89. The standard InChI is InChI=1S/C13H17Cl2NO2S/c1-13(2)6-5-10(8-13)16-19(17,18)12-7-9(14)3-4-11(12)15/h3-4,7,10,16H,5-6,8H2,1-2H3. The lowest BCUT2D eigenvalue weighted by atomic mass is 9.92. The quantitative estimate of drug-likeness (QED) is 0.919. The van der Waals surface area contributed by atoms with Crippen LogP contribution in [0.2, 0.25) is 10.0 Å². The summed E-state index contributed by atoms with van der Waals surface area (Å²) in [5.41, 5.74) is 0.186. The second-order valence-electron chi connectivity index (χ2n) is 5.80. The van der Waals surface area contributed by atoms with Crippen LogP contribution in [0, 0.1) is 5.41 Å². The minimum Gasteiger partial charge on any atom is -0.208 e. The van der Waals surface area contributed by atoms with E-state index in [9.17, 15) is 8.42 Å². The first kappa shape index (κ1) is 15.1. The van der Waals surface area contributed by atoms with Gasteiger partial charge >= 0.3 is 0 Å². The van der Waals surface area contributed by atoms with E-state index in [1.807, 2.05) is 0 Å². The Labute approximate surface area is 124 Å². The molecule has 0 spiro atoms. The van der Waals surface area contributed by atoms with Crippen molar-refractivity contribution in [2.24, 2.45) is 5.41 Å². The second-order valence-corrected chi connectivity index (χ2v) is 8.33. The predicted molar refractivity (Wildman–Crippen MR) is 78.2 cm³/mol. The highest BCUT2D eigenvalue weighted by atomic mass is 35.5. The molecular formula is C13H17Cl2NO2S. The van der Waals surface area contributed by atoms with Gasteiger partial charge in [-0.1, -0.05) is 37.0 Å². The first-order chi connectivity index (χ1) is 8.70. The predicted octanol–water partition coefficient (Wildman–Crippen LogP) is 3.85. The highest BCUT2D eigenvalue weighted by Crippen LogP contribution is 2.37.